The molecule has 77 heavy (non-hydrogen) atoms. The highest BCUT2D eigenvalue weighted by atomic mass is 16.7. The van der Waals surface area contributed by atoms with Crippen molar-refractivity contribution >= 4 is 5.91 Å². The molecule has 1 aliphatic rings. The molecule has 1 amide bonds. The summed E-state index contributed by atoms with van der Waals surface area (Å²) in [7, 11) is 0. The van der Waals surface area contributed by atoms with Gasteiger partial charge in [-0.05, 0) is 96.3 Å². The Balaban J connectivity index is 2.25. The number of aliphatic hydroxyl groups excluding tert-OH is 5. The number of carbonyl (C=O) groups is 1. The third kappa shape index (κ3) is 45.3. The molecule has 0 aromatic carbocycles. The van der Waals surface area contributed by atoms with Crippen LogP contribution < -0.4 is 5.32 Å². The van der Waals surface area contributed by atoms with E-state index in [1.165, 1.54) is 122 Å². The zero-order chi connectivity index (χ0) is 55.8. The van der Waals surface area contributed by atoms with E-state index in [-0.39, 0.29) is 12.5 Å². The SMILES string of the molecule is CC/C=C\C/C=C\C/C=C\C/C=C\C/C=C\C/C=C\CCCCCCCCC(=O)NC(COC1OC(CO)C(O)C(O)C1O)C(O)/C=C/CC/C=C/CC/C=C/CCCCCCCCCCCCCCCCCCCCC. The van der Waals surface area contributed by atoms with Crippen molar-refractivity contribution < 1.29 is 39.8 Å². The molecule has 6 N–H and O–H groups in total. The summed E-state index contributed by atoms with van der Waals surface area (Å²) < 4.78 is 11.3. The van der Waals surface area contributed by atoms with Gasteiger partial charge in [-0.15, -0.1) is 0 Å². The molecule has 1 saturated heterocycles. The van der Waals surface area contributed by atoms with Gasteiger partial charge in [0.15, 0.2) is 6.29 Å². The van der Waals surface area contributed by atoms with Crippen LogP contribution in [0.25, 0.3) is 0 Å². The molecule has 0 bridgehead atoms. The van der Waals surface area contributed by atoms with E-state index in [1.807, 2.05) is 6.08 Å². The molecule has 0 aromatic rings. The van der Waals surface area contributed by atoms with Crippen LogP contribution in [0.15, 0.2) is 109 Å². The van der Waals surface area contributed by atoms with E-state index >= 15 is 0 Å². The van der Waals surface area contributed by atoms with Gasteiger partial charge in [0.25, 0.3) is 0 Å². The lowest BCUT2D eigenvalue weighted by Gasteiger charge is -2.40. The van der Waals surface area contributed by atoms with Crippen molar-refractivity contribution in [1.29, 1.82) is 0 Å². The number of rotatable bonds is 53. The van der Waals surface area contributed by atoms with Crippen LogP contribution in [0.2, 0.25) is 0 Å². The molecular weight excluding hydrogens is 959 g/mol. The third-order valence-electron chi connectivity index (χ3n) is 14.3. The summed E-state index contributed by atoms with van der Waals surface area (Å²) in [4.78, 5) is 13.1. The fourth-order valence-corrected chi connectivity index (χ4v) is 9.37. The first-order valence-corrected chi connectivity index (χ1v) is 31.6. The number of allylic oxidation sites excluding steroid dienone is 17. The second kappa shape index (κ2) is 56.1. The zero-order valence-electron chi connectivity index (χ0n) is 49.2. The number of hydrogen-bond donors (Lipinski definition) is 6. The molecule has 7 unspecified atom stereocenters. The molecular formula is C68H117NO8. The molecule has 0 saturated carbocycles. The van der Waals surface area contributed by atoms with Crippen LogP contribution in [0.1, 0.15) is 258 Å². The number of amides is 1. The summed E-state index contributed by atoms with van der Waals surface area (Å²) in [6.07, 6.45) is 76.0. The number of aliphatic hydroxyl groups is 5. The quantitative estimate of drug-likeness (QED) is 0.0261. The van der Waals surface area contributed by atoms with E-state index in [9.17, 15) is 30.3 Å². The second-order valence-corrected chi connectivity index (χ2v) is 21.4. The van der Waals surface area contributed by atoms with E-state index < -0.39 is 49.5 Å². The third-order valence-corrected chi connectivity index (χ3v) is 14.3. The Hall–Kier alpha value is -3.15. The normalized spacial score (nSPS) is 19.5. The lowest BCUT2D eigenvalue weighted by molar-refractivity contribution is -0.302. The standard InChI is InChI=1S/C68H117NO8/c1-3-5-7-9-11-13-15-17-19-21-23-25-27-29-30-31-32-34-35-37-39-41-43-45-47-49-51-53-55-57-62(71)61(60-76-68-67(75)66(74)65(73)63(59-70)77-68)69-64(72)58-56-54-52-50-48-46-44-42-40-38-36-33-28-26-24-22-20-18-16-14-12-10-8-6-4-2/h6,8,12,14,18,20,24,26,33,36,39-42,47,49,55,57,61-63,65-68,70-71,73-75H,3-5,7,9-11,13,15-17,19,21-23,25,27-32,34-35,37-38,43-46,48,50-54,56,58-60H2,1-2H3,(H,69,72)/b8-6-,14-12-,20-18-,26-24-,36-33-,41-39+,42-40-,49-47+,57-55+. The number of unbranched alkanes of at least 4 members (excludes halogenated alkanes) is 27. The van der Waals surface area contributed by atoms with Crippen molar-refractivity contribution in [3.05, 3.63) is 109 Å². The molecule has 1 heterocycles. The summed E-state index contributed by atoms with van der Waals surface area (Å²) in [6.45, 7) is 3.65. The largest absolute Gasteiger partial charge is 0.394 e. The first-order chi connectivity index (χ1) is 37.8. The lowest BCUT2D eigenvalue weighted by Crippen LogP contribution is -2.60. The van der Waals surface area contributed by atoms with Crippen molar-refractivity contribution in [3.8, 4) is 0 Å². The molecule has 0 aliphatic carbocycles. The van der Waals surface area contributed by atoms with Crippen LogP contribution >= 0.6 is 0 Å². The summed E-state index contributed by atoms with van der Waals surface area (Å²) >= 11 is 0. The number of ether oxygens (including phenoxy) is 2. The van der Waals surface area contributed by atoms with E-state index in [0.717, 1.165) is 116 Å². The summed E-state index contributed by atoms with van der Waals surface area (Å²) in [6, 6.07) is -0.846. The Morgan fingerprint density at radius 3 is 1.25 bits per heavy atom. The van der Waals surface area contributed by atoms with E-state index in [1.54, 1.807) is 6.08 Å². The maximum Gasteiger partial charge on any atom is 0.220 e. The zero-order valence-corrected chi connectivity index (χ0v) is 49.2. The van der Waals surface area contributed by atoms with Gasteiger partial charge >= 0.3 is 0 Å². The highest BCUT2D eigenvalue weighted by Gasteiger charge is 2.44. The minimum Gasteiger partial charge on any atom is -0.394 e. The number of hydrogen-bond acceptors (Lipinski definition) is 8. The van der Waals surface area contributed by atoms with Gasteiger partial charge in [0.1, 0.15) is 24.4 Å². The van der Waals surface area contributed by atoms with Gasteiger partial charge < -0.3 is 40.3 Å². The average molecular weight is 1080 g/mol. The summed E-state index contributed by atoms with van der Waals surface area (Å²) in [5.74, 6) is -0.208. The molecule has 1 fully saturated rings. The molecule has 7 atom stereocenters. The van der Waals surface area contributed by atoms with Crippen LogP contribution in [0.5, 0.6) is 0 Å². The van der Waals surface area contributed by atoms with E-state index in [4.69, 9.17) is 9.47 Å². The molecule has 0 aromatic heterocycles. The monoisotopic (exact) mass is 1080 g/mol. The minimum absolute atomic E-state index is 0.208. The van der Waals surface area contributed by atoms with E-state index in [0.29, 0.717) is 6.42 Å². The van der Waals surface area contributed by atoms with Crippen LogP contribution in [-0.4, -0.2) is 87.5 Å². The lowest BCUT2D eigenvalue weighted by atomic mass is 9.99. The van der Waals surface area contributed by atoms with Crippen molar-refractivity contribution in [3.63, 3.8) is 0 Å². The van der Waals surface area contributed by atoms with Crippen molar-refractivity contribution in [2.75, 3.05) is 13.2 Å². The van der Waals surface area contributed by atoms with Gasteiger partial charge in [-0.2, -0.15) is 0 Å². The number of carbonyl (C=O) groups excluding carboxylic acids is 1. The predicted octanol–water partition coefficient (Wildman–Crippen LogP) is 16.5. The topological polar surface area (TPSA) is 149 Å². The molecule has 0 spiro atoms. The second-order valence-electron chi connectivity index (χ2n) is 21.4. The van der Waals surface area contributed by atoms with Gasteiger partial charge in [0.2, 0.25) is 5.91 Å². The fourth-order valence-electron chi connectivity index (χ4n) is 9.37. The molecule has 1 aliphatic heterocycles. The Kier molecular flexibility index (Phi) is 52.4. The number of nitrogens with one attached hydrogen (secondary N) is 1. The van der Waals surface area contributed by atoms with Gasteiger partial charge in [-0.25, -0.2) is 0 Å². The van der Waals surface area contributed by atoms with Crippen molar-refractivity contribution in [2.24, 2.45) is 0 Å². The Labute approximate surface area is 472 Å². The Bertz CT molecular complexity index is 1580. The van der Waals surface area contributed by atoms with Crippen molar-refractivity contribution in [2.45, 2.75) is 301 Å². The fraction of sp³-hybridized carbons (Fsp3) is 0.721. The van der Waals surface area contributed by atoms with Gasteiger partial charge in [-0.1, -0.05) is 264 Å². The smallest absolute Gasteiger partial charge is 0.220 e. The molecule has 1 rings (SSSR count). The van der Waals surface area contributed by atoms with Gasteiger partial charge in [0.05, 0.1) is 25.4 Å². The van der Waals surface area contributed by atoms with E-state index in [2.05, 4.69) is 116 Å². The maximum absolute atomic E-state index is 13.1. The Morgan fingerprint density at radius 2 is 0.818 bits per heavy atom. The van der Waals surface area contributed by atoms with Gasteiger partial charge in [0, 0.05) is 6.42 Å². The molecule has 0 radical (unpaired) electrons. The van der Waals surface area contributed by atoms with Crippen LogP contribution in [0.4, 0.5) is 0 Å². The minimum atomic E-state index is -1.59. The molecule has 442 valence electrons. The summed E-state index contributed by atoms with van der Waals surface area (Å²) in [5, 5.41) is 54.6. The maximum atomic E-state index is 13.1. The molecule has 9 nitrogen and oxygen atoms in total. The van der Waals surface area contributed by atoms with Crippen LogP contribution in [0.3, 0.4) is 0 Å². The van der Waals surface area contributed by atoms with Crippen LogP contribution in [-0.2, 0) is 14.3 Å². The first kappa shape index (κ1) is 71.9. The summed E-state index contributed by atoms with van der Waals surface area (Å²) in [5.41, 5.74) is 0. The highest BCUT2D eigenvalue weighted by Crippen LogP contribution is 2.23. The Morgan fingerprint density at radius 1 is 0.455 bits per heavy atom. The van der Waals surface area contributed by atoms with Gasteiger partial charge in [-0.3, -0.25) is 4.79 Å². The van der Waals surface area contributed by atoms with Crippen molar-refractivity contribution in [1.82, 2.24) is 5.32 Å². The highest BCUT2D eigenvalue weighted by molar-refractivity contribution is 5.76. The molecule has 9 heteroatoms. The average Bonchev–Trinajstić information content (AvgIpc) is 3.43. The first-order valence-electron chi connectivity index (χ1n) is 31.6. The predicted molar refractivity (Wildman–Crippen MR) is 327 cm³/mol. The van der Waals surface area contributed by atoms with Crippen LogP contribution in [0, 0.1) is 0 Å².